The van der Waals surface area contributed by atoms with Gasteiger partial charge >= 0.3 is 0 Å². The standard InChI is InChI=1S/C26H17NO/c28-26-21-12-3-1-2-9-17(21)20-13-8-16-24(25(20)26)27-22-14-6-4-10-18(22)19-11-5-7-15-23(19)27/h1,3-16H,2H2. The first-order valence-electron chi connectivity index (χ1n) is 9.58. The van der Waals surface area contributed by atoms with Gasteiger partial charge in [0.2, 0.25) is 0 Å². The van der Waals surface area contributed by atoms with E-state index in [9.17, 15) is 4.79 Å². The summed E-state index contributed by atoms with van der Waals surface area (Å²) in [5, 5.41) is 2.41. The molecule has 1 heterocycles. The highest BCUT2D eigenvalue weighted by Crippen LogP contribution is 2.42. The van der Waals surface area contributed by atoms with Crippen LogP contribution in [0.2, 0.25) is 0 Å². The molecule has 6 rings (SSSR count). The van der Waals surface area contributed by atoms with Crippen LogP contribution < -0.4 is 0 Å². The molecule has 0 amide bonds. The molecule has 0 radical (unpaired) electrons. The molecule has 0 saturated carbocycles. The first-order chi connectivity index (χ1) is 13.8. The Morgan fingerprint density at radius 1 is 0.750 bits per heavy atom. The minimum Gasteiger partial charge on any atom is -0.308 e. The molecule has 4 aromatic rings. The van der Waals surface area contributed by atoms with Crippen LogP contribution in [0, 0.1) is 0 Å². The largest absolute Gasteiger partial charge is 0.308 e. The number of hydrogen-bond acceptors (Lipinski definition) is 1. The predicted molar refractivity (Wildman–Crippen MR) is 115 cm³/mol. The van der Waals surface area contributed by atoms with E-state index in [1.165, 1.54) is 10.8 Å². The minimum absolute atomic E-state index is 0.116. The fourth-order valence-electron chi connectivity index (χ4n) is 4.59. The third kappa shape index (κ3) is 1.95. The molecular weight excluding hydrogens is 342 g/mol. The number of fused-ring (bicyclic) bond motifs is 6. The van der Waals surface area contributed by atoms with E-state index in [2.05, 4.69) is 83.4 Å². The molecule has 0 unspecified atom stereocenters. The van der Waals surface area contributed by atoms with E-state index in [-0.39, 0.29) is 5.78 Å². The van der Waals surface area contributed by atoms with Crippen LogP contribution in [0.1, 0.15) is 22.3 Å². The Morgan fingerprint density at radius 2 is 1.46 bits per heavy atom. The fraction of sp³-hybridized carbons (Fsp3) is 0.0385. The number of para-hydroxylation sites is 2. The zero-order chi connectivity index (χ0) is 18.7. The number of carbonyl (C=O) groups excluding carboxylic acids is 1. The normalized spacial score (nSPS) is 15.4. The van der Waals surface area contributed by atoms with Crippen LogP contribution in [-0.2, 0) is 0 Å². The van der Waals surface area contributed by atoms with E-state index < -0.39 is 0 Å². The van der Waals surface area contributed by atoms with Gasteiger partial charge in [-0.05, 0) is 35.8 Å². The van der Waals surface area contributed by atoms with Gasteiger partial charge in [0.25, 0.3) is 0 Å². The molecule has 2 aliphatic carbocycles. The SMILES string of the molecule is O=C1C2=CC=CCC=C2c2cccc(-n3c4ccccc4c4ccccc43)c21. The summed E-state index contributed by atoms with van der Waals surface area (Å²) in [6.45, 7) is 0. The second-order valence-electron chi connectivity index (χ2n) is 7.26. The van der Waals surface area contributed by atoms with Gasteiger partial charge in [-0.2, -0.15) is 0 Å². The van der Waals surface area contributed by atoms with Crippen molar-refractivity contribution in [3.05, 3.63) is 108 Å². The molecule has 0 saturated heterocycles. The van der Waals surface area contributed by atoms with Crippen LogP contribution in [0.25, 0.3) is 33.1 Å². The Labute approximate surface area is 162 Å². The maximum Gasteiger partial charge on any atom is 0.196 e. The summed E-state index contributed by atoms with van der Waals surface area (Å²) < 4.78 is 2.24. The van der Waals surface area contributed by atoms with Crippen LogP contribution in [-0.4, -0.2) is 10.4 Å². The van der Waals surface area contributed by atoms with E-state index in [0.717, 1.165) is 45.4 Å². The zero-order valence-corrected chi connectivity index (χ0v) is 15.2. The molecule has 1 aromatic heterocycles. The van der Waals surface area contributed by atoms with Crippen molar-refractivity contribution in [2.24, 2.45) is 0 Å². The Morgan fingerprint density at radius 3 is 2.21 bits per heavy atom. The highest BCUT2D eigenvalue weighted by Gasteiger charge is 2.33. The summed E-state index contributed by atoms with van der Waals surface area (Å²) in [4.78, 5) is 13.4. The van der Waals surface area contributed by atoms with Crippen LogP contribution >= 0.6 is 0 Å². The van der Waals surface area contributed by atoms with Gasteiger partial charge in [-0.1, -0.05) is 72.8 Å². The number of aromatic nitrogens is 1. The maximum absolute atomic E-state index is 13.4. The third-order valence-electron chi connectivity index (χ3n) is 5.77. The second-order valence-corrected chi connectivity index (χ2v) is 7.26. The average Bonchev–Trinajstić information content (AvgIpc) is 3.07. The molecule has 0 atom stereocenters. The zero-order valence-electron chi connectivity index (χ0n) is 15.2. The summed E-state index contributed by atoms with van der Waals surface area (Å²) in [7, 11) is 0. The molecule has 0 aliphatic heterocycles. The summed E-state index contributed by atoms with van der Waals surface area (Å²) in [6, 6.07) is 23.0. The second kappa shape index (κ2) is 5.67. The van der Waals surface area contributed by atoms with Crippen molar-refractivity contribution in [1.82, 2.24) is 4.57 Å². The summed E-state index contributed by atoms with van der Waals surface area (Å²) in [6.07, 6.45) is 9.04. The first-order valence-corrected chi connectivity index (χ1v) is 9.58. The van der Waals surface area contributed by atoms with Crippen molar-refractivity contribution in [2.75, 3.05) is 0 Å². The lowest BCUT2D eigenvalue weighted by Crippen LogP contribution is -2.04. The average molecular weight is 359 g/mol. The highest BCUT2D eigenvalue weighted by atomic mass is 16.1. The number of ketones is 1. The van der Waals surface area contributed by atoms with Gasteiger partial charge in [-0.3, -0.25) is 4.79 Å². The Kier molecular flexibility index (Phi) is 3.12. The van der Waals surface area contributed by atoms with Crippen molar-refractivity contribution in [1.29, 1.82) is 0 Å². The van der Waals surface area contributed by atoms with Crippen LogP contribution in [0.15, 0.2) is 96.6 Å². The third-order valence-corrected chi connectivity index (χ3v) is 5.77. The monoisotopic (exact) mass is 359 g/mol. The van der Waals surface area contributed by atoms with Crippen LogP contribution in [0.4, 0.5) is 0 Å². The molecule has 2 nitrogen and oxygen atoms in total. The summed E-state index contributed by atoms with van der Waals surface area (Å²) in [5.41, 5.74) is 6.92. The van der Waals surface area contributed by atoms with Gasteiger partial charge in [0.05, 0.1) is 22.3 Å². The van der Waals surface area contributed by atoms with Gasteiger partial charge in [0, 0.05) is 16.3 Å². The Balaban J connectivity index is 1.74. The molecule has 3 aromatic carbocycles. The van der Waals surface area contributed by atoms with Gasteiger partial charge in [0.15, 0.2) is 5.78 Å². The van der Waals surface area contributed by atoms with Gasteiger partial charge in [-0.15, -0.1) is 0 Å². The number of hydrogen-bond donors (Lipinski definition) is 0. The van der Waals surface area contributed by atoms with Crippen LogP contribution in [0.3, 0.4) is 0 Å². The van der Waals surface area contributed by atoms with Gasteiger partial charge < -0.3 is 4.57 Å². The molecule has 2 heteroatoms. The highest BCUT2D eigenvalue weighted by molar-refractivity contribution is 6.28. The lowest BCUT2D eigenvalue weighted by atomic mass is 10.0. The number of rotatable bonds is 1. The molecule has 0 bridgehead atoms. The van der Waals surface area contributed by atoms with Crippen molar-refractivity contribution in [3.8, 4) is 5.69 Å². The number of carbonyl (C=O) groups is 1. The van der Waals surface area contributed by atoms with Gasteiger partial charge in [-0.25, -0.2) is 0 Å². The van der Waals surface area contributed by atoms with Crippen molar-refractivity contribution >= 4 is 33.2 Å². The smallest absolute Gasteiger partial charge is 0.196 e. The minimum atomic E-state index is 0.116. The van der Waals surface area contributed by atoms with Gasteiger partial charge in [0.1, 0.15) is 0 Å². The Bertz CT molecular complexity index is 1340. The molecule has 0 fully saturated rings. The lowest BCUT2D eigenvalue weighted by molar-refractivity contribution is 0.104. The van der Waals surface area contributed by atoms with E-state index in [1.807, 2.05) is 12.2 Å². The number of Topliss-reactive ketones (excluding diaryl/α,β-unsaturated/α-hetero) is 1. The topological polar surface area (TPSA) is 22.0 Å². The number of allylic oxidation sites excluding steroid dienone is 6. The van der Waals surface area contributed by atoms with Crippen molar-refractivity contribution in [3.63, 3.8) is 0 Å². The number of nitrogens with zero attached hydrogens (tertiary/aromatic N) is 1. The molecule has 28 heavy (non-hydrogen) atoms. The molecular formula is C26H17NO. The first kappa shape index (κ1) is 15.4. The Hall–Kier alpha value is -3.65. The summed E-state index contributed by atoms with van der Waals surface area (Å²) >= 11 is 0. The quantitative estimate of drug-likeness (QED) is 0.394. The molecule has 0 N–H and O–H groups in total. The van der Waals surface area contributed by atoms with Crippen molar-refractivity contribution < 1.29 is 4.79 Å². The molecule has 132 valence electrons. The number of benzene rings is 3. The summed E-state index contributed by atoms with van der Waals surface area (Å²) in [5.74, 6) is 0.116. The molecule has 0 spiro atoms. The van der Waals surface area contributed by atoms with E-state index in [0.29, 0.717) is 0 Å². The van der Waals surface area contributed by atoms with E-state index >= 15 is 0 Å². The maximum atomic E-state index is 13.4. The fourth-order valence-corrected chi connectivity index (χ4v) is 4.59. The predicted octanol–water partition coefficient (Wildman–Crippen LogP) is 6.25. The van der Waals surface area contributed by atoms with Crippen LogP contribution in [0.5, 0.6) is 0 Å². The van der Waals surface area contributed by atoms with Crippen molar-refractivity contribution in [2.45, 2.75) is 6.42 Å². The van der Waals surface area contributed by atoms with E-state index in [4.69, 9.17) is 0 Å². The molecule has 2 aliphatic rings. The lowest BCUT2D eigenvalue weighted by Gasteiger charge is -2.12. The van der Waals surface area contributed by atoms with E-state index in [1.54, 1.807) is 0 Å².